The zero-order valence-corrected chi connectivity index (χ0v) is 40.3. The monoisotopic (exact) mass is 943 g/mol. The van der Waals surface area contributed by atoms with Crippen LogP contribution in [0.15, 0.2) is 273 Å². The van der Waals surface area contributed by atoms with E-state index in [9.17, 15) is 0 Å². The lowest BCUT2D eigenvalue weighted by Gasteiger charge is -2.26. The van der Waals surface area contributed by atoms with Crippen LogP contribution in [0.25, 0.3) is 62.6 Å². The molecule has 0 radical (unpaired) electrons. The van der Waals surface area contributed by atoms with E-state index < -0.39 is 0 Å². The number of thiophene rings is 2. The predicted molar refractivity (Wildman–Crippen MR) is 307 cm³/mol. The largest absolute Gasteiger partial charge is 0.311 e. The van der Waals surface area contributed by atoms with Gasteiger partial charge in [-0.1, -0.05) is 140 Å². The summed E-state index contributed by atoms with van der Waals surface area (Å²) in [5, 5.41) is 5.12. The van der Waals surface area contributed by atoms with Gasteiger partial charge in [-0.05, 0) is 156 Å². The average Bonchev–Trinajstić information content (AvgIpc) is 4.00. The van der Waals surface area contributed by atoms with Gasteiger partial charge >= 0.3 is 0 Å². The van der Waals surface area contributed by atoms with Crippen molar-refractivity contribution in [2.75, 3.05) is 14.7 Å². The van der Waals surface area contributed by atoms with E-state index in [0.717, 1.165) is 51.2 Å². The fraction of sp³-hybridized carbons (Fsp3) is 0. The van der Waals surface area contributed by atoms with Crippen LogP contribution in [0.5, 0.6) is 0 Å². The Morgan fingerprint density at radius 1 is 0.183 bits per heavy atom. The molecule has 0 bridgehead atoms. The maximum absolute atomic E-state index is 2.36. The number of rotatable bonds is 11. The molecular formula is C66H45N3S2. The number of hydrogen-bond acceptors (Lipinski definition) is 5. The average molecular weight is 944 g/mol. The molecule has 2 heterocycles. The first-order valence-corrected chi connectivity index (χ1v) is 25.6. The third-order valence-electron chi connectivity index (χ3n) is 13.4. The van der Waals surface area contributed by atoms with Crippen molar-refractivity contribution in [3.05, 3.63) is 273 Å². The molecule has 0 fully saturated rings. The lowest BCUT2D eigenvalue weighted by atomic mass is 10.0. The second kappa shape index (κ2) is 18.3. The molecular weight excluding hydrogens is 899 g/mol. The molecule has 0 aliphatic heterocycles. The highest BCUT2D eigenvalue weighted by Crippen LogP contribution is 2.45. The van der Waals surface area contributed by atoms with Crippen LogP contribution in [-0.2, 0) is 0 Å². The van der Waals surface area contributed by atoms with Gasteiger partial charge in [-0.3, -0.25) is 0 Å². The van der Waals surface area contributed by atoms with Gasteiger partial charge in [0.2, 0.25) is 0 Å². The molecule has 0 spiro atoms. The van der Waals surface area contributed by atoms with E-state index in [2.05, 4.69) is 288 Å². The van der Waals surface area contributed by atoms with Gasteiger partial charge in [-0.15, -0.1) is 22.7 Å². The summed E-state index contributed by atoms with van der Waals surface area (Å²) >= 11 is 3.71. The van der Waals surface area contributed by atoms with Gasteiger partial charge in [0.25, 0.3) is 0 Å². The van der Waals surface area contributed by atoms with E-state index in [1.807, 2.05) is 22.7 Å². The molecule has 0 N–H and O–H groups in total. The maximum Gasteiger partial charge on any atom is 0.0476 e. The third kappa shape index (κ3) is 8.07. The van der Waals surface area contributed by atoms with Crippen molar-refractivity contribution in [1.82, 2.24) is 0 Å². The summed E-state index contributed by atoms with van der Waals surface area (Å²) in [6.07, 6.45) is 0. The van der Waals surface area contributed by atoms with Crippen molar-refractivity contribution >= 4 is 114 Å². The quantitative estimate of drug-likeness (QED) is 0.128. The Hall–Kier alpha value is -8.74. The zero-order valence-electron chi connectivity index (χ0n) is 38.6. The van der Waals surface area contributed by atoms with E-state index in [0.29, 0.717) is 0 Å². The van der Waals surface area contributed by atoms with Gasteiger partial charge < -0.3 is 14.7 Å². The van der Waals surface area contributed by atoms with Crippen molar-refractivity contribution in [1.29, 1.82) is 0 Å². The van der Waals surface area contributed by atoms with Gasteiger partial charge in [0.05, 0.1) is 0 Å². The summed E-state index contributed by atoms with van der Waals surface area (Å²) in [5.41, 5.74) is 14.9. The summed E-state index contributed by atoms with van der Waals surface area (Å²) in [6.45, 7) is 0. The normalized spacial score (nSPS) is 11.4. The van der Waals surface area contributed by atoms with Crippen molar-refractivity contribution in [3.8, 4) is 22.3 Å². The maximum atomic E-state index is 2.36. The molecule has 0 aliphatic carbocycles. The molecule has 0 aliphatic rings. The Bertz CT molecular complexity index is 3640. The van der Waals surface area contributed by atoms with Crippen molar-refractivity contribution in [3.63, 3.8) is 0 Å². The van der Waals surface area contributed by atoms with E-state index in [4.69, 9.17) is 0 Å². The standard InChI is InChI=1S/C66H45N3S2/c1-6-16-50(17-7-1)67(55-32-26-46(27-33-55)48-30-40-63-61(42-48)59-38-36-57(44-65(59)70-63)68(51-18-8-2-9-19-51)52-20-10-3-11-21-52)56-34-28-47(29-35-56)49-31-41-64-62(43-49)60-39-37-58(45-66(60)71-64)69(53-22-12-4-13-23-53)54-24-14-5-15-25-54/h1-45H. The fourth-order valence-corrected chi connectivity index (χ4v) is 12.2. The Kier molecular flexibility index (Phi) is 10.9. The topological polar surface area (TPSA) is 9.72 Å². The molecule has 71 heavy (non-hydrogen) atoms. The molecule has 0 atom stereocenters. The molecule has 0 saturated carbocycles. The fourth-order valence-electron chi connectivity index (χ4n) is 10.0. The lowest BCUT2D eigenvalue weighted by Crippen LogP contribution is -2.09. The smallest absolute Gasteiger partial charge is 0.0476 e. The summed E-state index contributed by atoms with van der Waals surface area (Å²) in [4.78, 5) is 7.01. The molecule has 0 saturated heterocycles. The molecule has 13 rings (SSSR count). The summed E-state index contributed by atoms with van der Waals surface area (Å²) < 4.78 is 5.12. The molecule has 11 aromatic carbocycles. The van der Waals surface area contributed by atoms with Crippen LogP contribution in [0.3, 0.4) is 0 Å². The number of anilines is 9. The van der Waals surface area contributed by atoms with E-state index in [-0.39, 0.29) is 0 Å². The number of para-hydroxylation sites is 5. The predicted octanol–water partition coefficient (Wildman–Crippen LogP) is 20.2. The highest BCUT2D eigenvalue weighted by Gasteiger charge is 2.18. The minimum Gasteiger partial charge on any atom is -0.311 e. The Balaban J connectivity index is 0.787. The third-order valence-corrected chi connectivity index (χ3v) is 15.7. The van der Waals surface area contributed by atoms with Gasteiger partial charge in [0.15, 0.2) is 0 Å². The first-order valence-electron chi connectivity index (χ1n) is 24.0. The van der Waals surface area contributed by atoms with Crippen LogP contribution in [0.4, 0.5) is 51.2 Å². The minimum absolute atomic E-state index is 1.10. The van der Waals surface area contributed by atoms with Gasteiger partial charge in [0, 0.05) is 91.5 Å². The molecule has 5 heteroatoms. The lowest BCUT2D eigenvalue weighted by molar-refractivity contribution is 1.28. The van der Waals surface area contributed by atoms with Crippen LogP contribution in [0.1, 0.15) is 0 Å². The van der Waals surface area contributed by atoms with Crippen LogP contribution >= 0.6 is 22.7 Å². The first kappa shape index (κ1) is 42.4. The SMILES string of the molecule is c1ccc(N(c2ccc(-c3ccc4sc5cc(N(c6ccccc6)c6ccccc6)ccc5c4c3)cc2)c2ccc(-c3ccc4sc5cc(N(c6ccccc6)c6ccccc6)ccc5c4c3)cc2)cc1. The highest BCUT2D eigenvalue weighted by atomic mass is 32.1. The van der Waals surface area contributed by atoms with Crippen molar-refractivity contribution in [2.45, 2.75) is 0 Å². The Morgan fingerprint density at radius 3 is 0.775 bits per heavy atom. The molecule has 0 unspecified atom stereocenters. The molecule has 0 amide bonds. The number of hydrogen-bond donors (Lipinski definition) is 0. The molecule has 3 nitrogen and oxygen atoms in total. The molecule has 13 aromatic rings. The van der Waals surface area contributed by atoms with Crippen LogP contribution < -0.4 is 14.7 Å². The summed E-state index contributed by atoms with van der Waals surface area (Å²) in [7, 11) is 0. The van der Waals surface area contributed by atoms with E-state index in [1.165, 1.54) is 62.6 Å². The van der Waals surface area contributed by atoms with Crippen LogP contribution in [0.2, 0.25) is 0 Å². The van der Waals surface area contributed by atoms with Crippen LogP contribution in [0, 0.1) is 0 Å². The van der Waals surface area contributed by atoms with Gasteiger partial charge in [0.1, 0.15) is 0 Å². The van der Waals surface area contributed by atoms with E-state index in [1.54, 1.807) is 0 Å². The Morgan fingerprint density at radius 2 is 0.451 bits per heavy atom. The van der Waals surface area contributed by atoms with Gasteiger partial charge in [-0.25, -0.2) is 0 Å². The second-order valence-corrected chi connectivity index (χ2v) is 19.9. The van der Waals surface area contributed by atoms with Gasteiger partial charge in [-0.2, -0.15) is 0 Å². The van der Waals surface area contributed by atoms with Crippen molar-refractivity contribution in [2.24, 2.45) is 0 Å². The highest BCUT2D eigenvalue weighted by molar-refractivity contribution is 7.26. The second-order valence-electron chi connectivity index (χ2n) is 17.8. The number of nitrogens with zero attached hydrogens (tertiary/aromatic N) is 3. The number of fused-ring (bicyclic) bond motifs is 6. The minimum atomic E-state index is 1.10. The summed E-state index contributed by atoms with van der Waals surface area (Å²) in [5.74, 6) is 0. The molecule has 2 aromatic heterocycles. The first-order chi connectivity index (χ1) is 35.2. The van der Waals surface area contributed by atoms with E-state index >= 15 is 0 Å². The molecule has 336 valence electrons. The van der Waals surface area contributed by atoms with Crippen molar-refractivity contribution < 1.29 is 0 Å². The number of benzene rings is 11. The van der Waals surface area contributed by atoms with Crippen LogP contribution in [-0.4, -0.2) is 0 Å². The zero-order chi connectivity index (χ0) is 47.1. The summed E-state index contributed by atoms with van der Waals surface area (Å²) in [6, 6.07) is 98.8. The Labute approximate surface area is 421 Å².